The Labute approximate surface area is 113 Å². The van der Waals surface area contributed by atoms with E-state index in [-0.39, 0.29) is 4.83 Å². The Morgan fingerprint density at radius 1 is 1.35 bits per heavy atom. The molecule has 0 saturated heterocycles. The quantitative estimate of drug-likeness (QED) is 0.769. The van der Waals surface area contributed by atoms with Gasteiger partial charge in [0.15, 0.2) is 0 Å². The molecule has 1 unspecified atom stereocenters. The number of hydrogen-bond donors (Lipinski definition) is 0. The maximum atomic E-state index is 6.13. The van der Waals surface area contributed by atoms with Crippen LogP contribution in [0, 0.1) is 0 Å². The summed E-state index contributed by atoms with van der Waals surface area (Å²) in [6.45, 7) is 0.730. The van der Waals surface area contributed by atoms with Crippen molar-refractivity contribution >= 4 is 27.5 Å². The zero-order valence-electron chi connectivity index (χ0n) is 8.95. The first kappa shape index (κ1) is 11.2. The Morgan fingerprint density at radius 3 is 3.00 bits per heavy atom. The lowest BCUT2D eigenvalue weighted by atomic mass is 10.0. The van der Waals surface area contributed by atoms with Crippen LogP contribution in [-0.4, -0.2) is 6.61 Å². The van der Waals surface area contributed by atoms with Gasteiger partial charge in [-0.2, -0.15) is 0 Å². The SMILES string of the molecule is Clc1cc2c(c(C(Br)c3ccoc3)c1)OCC2. The molecule has 0 amide bonds. The molecule has 0 radical (unpaired) electrons. The van der Waals surface area contributed by atoms with Gasteiger partial charge in [0.1, 0.15) is 5.75 Å². The first-order chi connectivity index (χ1) is 8.25. The summed E-state index contributed by atoms with van der Waals surface area (Å²) in [5, 5.41) is 0.747. The van der Waals surface area contributed by atoms with Gasteiger partial charge in [-0.05, 0) is 23.8 Å². The molecule has 4 heteroatoms. The number of halogens is 2. The molecule has 3 rings (SSSR count). The summed E-state index contributed by atoms with van der Waals surface area (Å²) in [5.74, 6) is 0.956. The molecule has 17 heavy (non-hydrogen) atoms. The zero-order valence-corrected chi connectivity index (χ0v) is 11.3. The highest BCUT2D eigenvalue weighted by molar-refractivity contribution is 9.09. The van der Waals surface area contributed by atoms with E-state index in [1.54, 1.807) is 12.5 Å². The molecule has 2 heterocycles. The van der Waals surface area contributed by atoms with Crippen molar-refractivity contribution in [1.29, 1.82) is 0 Å². The number of ether oxygens (including phenoxy) is 1. The van der Waals surface area contributed by atoms with Crippen LogP contribution in [-0.2, 0) is 6.42 Å². The molecule has 0 N–H and O–H groups in total. The number of rotatable bonds is 2. The molecule has 1 aliphatic heterocycles. The van der Waals surface area contributed by atoms with E-state index in [9.17, 15) is 0 Å². The van der Waals surface area contributed by atoms with Crippen LogP contribution in [0.3, 0.4) is 0 Å². The van der Waals surface area contributed by atoms with Crippen LogP contribution < -0.4 is 4.74 Å². The molecule has 0 bridgehead atoms. The van der Waals surface area contributed by atoms with Crippen molar-refractivity contribution in [1.82, 2.24) is 0 Å². The van der Waals surface area contributed by atoms with E-state index in [1.807, 2.05) is 18.2 Å². The molecule has 0 fully saturated rings. The fourth-order valence-corrected chi connectivity index (χ4v) is 2.93. The Morgan fingerprint density at radius 2 is 2.24 bits per heavy atom. The lowest BCUT2D eigenvalue weighted by Gasteiger charge is -2.13. The van der Waals surface area contributed by atoms with E-state index in [2.05, 4.69) is 15.9 Å². The van der Waals surface area contributed by atoms with E-state index in [0.717, 1.165) is 34.9 Å². The van der Waals surface area contributed by atoms with Crippen molar-refractivity contribution in [3.8, 4) is 5.75 Å². The third-order valence-corrected chi connectivity index (χ3v) is 4.13. The van der Waals surface area contributed by atoms with Gasteiger partial charge in [-0.15, -0.1) is 0 Å². The summed E-state index contributed by atoms with van der Waals surface area (Å²) in [6.07, 6.45) is 4.31. The van der Waals surface area contributed by atoms with Crippen LogP contribution in [0.1, 0.15) is 21.5 Å². The fraction of sp³-hybridized carbons (Fsp3) is 0.231. The number of benzene rings is 1. The zero-order chi connectivity index (χ0) is 11.8. The summed E-state index contributed by atoms with van der Waals surface area (Å²) < 4.78 is 10.8. The summed E-state index contributed by atoms with van der Waals surface area (Å²) in [7, 11) is 0. The van der Waals surface area contributed by atoms with Crippen molar-refractivity contribution in [2.45, 2.75) is 11.2 Å². The van der Waals surface area contributed by atoms with Crippen LogP contribution in [0.4, 0.5) is 0 Å². The summed E-state index contributed by atoms with van der Waals surface area (Å²) in [6, 6.07) is 5.85. The Bertz CT molecular complexity index is 537. The summed E-state index contributed by atoms with van der Waals surface area (Å²) in [5.41, 5.74) is 3.30. The molecule has 2 aromatic rings. The largest absolute Gasteiger partial charge is 0.493 e. The smallest absolute Gasteiger partial charge is 0.127 e. The van der Waals surface area contributed by atoms with Gasteiger partial charge in [0.2, 0.25) is 0 Å². The molecule has 88 valence electrons. The molecule has 1 atom stereocenters. The van der Waals surface area contributed by atoms with Crippen molar-refractivity contribution in [3.05, 3.63) is 52.4 Å². The van der Waals surface area contributed by atoms with Gasteiger partial charge in [-0.1, -0.05) is 27.5 Å². The third-order valence-electron chi connectivity index (χ3n) is 2.89. The summed E-state index contributed by atoms with van der Waals surface area (Å²) in [4.78, 5) is 0.0480. The Hall–Kier alpha value is -0.930. The van der Waals surface area contributed by atoms with E-state index >= 15 is 0 Å². The van der Waals surface area contributed by atoms with Crippen LogP contribution in [0.5, 0.6) is 5.75 Å². The average molecular weight is 314 g/mol. The van der Waals surface area contributed by atoms with Gasteiger partial charge in [0, 0.05) is 22.6 Å². The van der Waals surface area contributed by atoms with Crippen molar-refractivity contribution in [2.24, 2.45) is 0 Å². The first-order valence-corrected chi connectivity index (χ1v) is 6.66. The number of furan rings is 1. The first-order valence-electron chi connectivity index (χ1n) is 5.37. The van der Waals surface area contributed by atoms with Gasteiger partial charge >= 0.3 is 0 Å². The third kappa shape index (κ3) is 1.98. The van der Waals surface area contributed by atoms with Crippen LogP contribution in [0.2, 0.25) is 5.02 Å². The molecule has 0 aliphatic carbocycles. The molecule has 0 spiro atoms. The number of alkyl halides is 1. The number of hydrogen-bond acceptors (Lipinski definition) is 2. The molecule has 2 nitrogen and oxygen atoms in total. The minimum atomic E-state index is 0.0480. The maximum Gasteiger partial charge on any atom is 0.127 e. The standard InChI is InChI=1S/C13H10BrClO2/c14-12(9-1-3-16-7-9)11-6-10(15)5-8-2-4-17-13(8)11/h1,3,5-7,12H,2,4H2. The van der Waals surface area contributed by atoms with Gasteiger partial charge < -0.3 is 9.15 Å². The molecule has 1 aliphatic rings. The van der Waals surface area contributed by atoms with Gasteiger partial charge in [0.05, 0.1) is 24.0 Å². The minimum Gasteiger partial charge on any atom is -0.493 e. The van der Waals surface area contributed by atoms with E-state index in [0.29, 0.717) is 0 Å². The second-order valence-corrected chi connectivity index (χ2v) is 5.35. The monoisotopic (exact) mass is 312 g/mol. The molecule has 1 aromatic heterocycles. The van der Waals surface area contributed by atoms with Crippen molar-refractivity contribution in [3.63, 3.8) is 0 Å². The fourth-order valence-electron chi connectivity index (χ4n) is 2.08. The molecule has 1 aromatic carbocycles. The Balaban J connectivity index is 2.09. The van der Waals surface area contributed by atoms with Crippen molar-refractivity contribution < 1.29 is 9.15 Å². The van der Waals surface area contributed by atoms with Crippen LogP contribution in [0.25, 0.3) is 0 Å². The van der Waals surface area contributed by atoms with Crippen LogP contribution in [0.15, 0.2) is 35.1 Å². The lowest BCUT2D eigenvalue weighted by molar-refractivity contribution is 0.354. The molecule has 0 saturated carbocycles. The van der Waals surface area contributed by atoms with E-state index < -0.39 is 0 Å². The van der Waals surface area contributed by atoms with Gasteiger partial charge in [-0.3, -0.25) is 0 Å². The topological polar surface area (TPSA) is 22.4 Å². The minimum absolute atomic E-state index is 0.0480. The highest BCUT2D eigenvalue weighted by Gasteiger charge is 2.23. The average Bonchev–Trinajstić information content (AvgIpc) is 2.97. The normalized spacial score (nSPS) is 15.4. The van der Waals surface area contributed by atoms with Crippen LogP contribution >= 0.6 is 27.5 Å². The molecular weight excluding hydrogens is 303 g/mol. The number of fused-ring (bicyclic) bond motifs is 1. The van der Waals surface area contributed by atoms with Crippen molar-refractivity contribution in [2.75, 3.05) is 6.61 Å². The van der Waals surface area contributed by atoms with E-state index in [4.69, 9.17) is 20.8 Å². The predicted molar refractivity (Wildman–Crippen MR) is 70.1 cm³/mol. The van der Waals surface area contributed by atoms with E-state index in [1.165, 1.54) is 5.56 Å². The van der Waals surface area contributed by atoms with Gasteiger partial charge in [0.25, 0.3) is 0 Å². The maximum absolute atomic E-state index is 6.13. The summed E-state index contributed by atoms with van der Waals surface area (Å²) >= 11 is 9.80. The van der Waals surface area contributed by atoms with Gasteiger partial charge in [-0.25, -0.2) is 0 Å². The highest BCUT2D eigenvalue weighted by Crippen LogP contribution is 2.42. The lowest BCUT2D eigenvalue weighted by Crippen LogP contribution is -1.96. The molecular formula is C13H10BrClO2. The second kappa shape index (κ2) is 4.39. The Kier molecular flexibility index (Phi) is 2.89. The predicted octanol–water partition coefficient (Wildman–Crippen LogP) is 4.35. The second-order valence-electron chi connectivity index (χ2n) is 4.00. The highest BCUT2D eigenvalue weighted by atomic mass is 79.9.